The zero-order chi connectivity index (χ0) is 12.1. The molecule has 0 unspecified atom stereocenters. The first-order chi connectivity index (χ1) is 8.31. The minimum Gasteiger partial charge on any atom is -1.00 e. The minimum atomic E-state index is 0. The van der Waals surface area contributed by atoms with Crippen LogP contribution in [0.4, 0.5) is 0 Å². The zero-order valence-electron chi connectivity index (χ0n) is 10.3. The molecule has 0 radical (unpaired) electrons. The highest BCUT2D eigenvalue weighted by molar-refractivity contribution is 5.23. The standard InChI is InChI=1S/C15H17N2.ClH/c1-3-5-14-6-8-15(9-7-14)12-17-11-10-16(4-2)13-17;/h3-4,6-11,13H,1-2,5,12H2;1H/q+1;/p-1. The first kappa shape index (κ1) is 14.3. The zero-order valence-corrected chi connectivity index (χ0v) is 11.1. The van der Waals surface area contributed by atoms with E-state index in [1.165, 1.54) is 11.1 Å². The summed E-state index contributed by atoms with van der Waals surface area (Å²) >= 11 is 0. The van der Waals surface area contributed by atoms with Gasteiger partial charge in [-0.05, 0) is 17.5 Å². The molecule has 0 aliphatic carbocycles. The summed E-state index contributed by atoms with van der Waals surface area (Å²) < 4.78 is 4.07. The van der Waals surface area contributed by atoms with Gasteiger partial charge in [0.05, 0.1) is 6.20 Å². The monoisotopic (exact) mass is 260 g/mol. The fourth-order valence-corrected chi connectivity index (χ4v) is 1.77. The molecule has 0 fully saturated rings. The van der Waals surface area contributed by atoms with Crippen LogP contribution in [0.25, 0.3) is 6.20 Å². The van der Waals surface area contributed by atoms with E-state index in [9.17, 15) is 0 Å². The summed E-state index contributed by atoms with van der Waals surface area (Å²) in [5, 5.41) is 0. The van der Waals surface area contributed by atoms with Crippen LogP contribution in [-0.4, -0.2) is 4.57 Å². The van der Waals surface area contributed by atoms with Crippen molar-refractivity contribution in [3.8, 4) is 0 Å². The molecule has 0 saturated heterocycles. The molecule has 2 rings (SSSR count). The largest absolute Gasteiger partial charge is 1.00 e. The third-order valence-electron chi connectivity index (χ3n) is 2.69. The second kappa shape index (κ2) is 6.82. The molecule has 2 aromatic rings. The van der Waals surface area contributed by atoms with Gasteiger partial charge in [0.1, 0.15) is 18.9 Å². The van der Waals surface area contributed by atoms with Gasteiger partial charge in [-0.15, -0.1) is 6.58 Å². The first-order valence-corrected chi connectivity index (χ1v) is 5.69. The number of benzene rings is 1. The Bertz CT molecular complexity index is 512. The molecular formula is C15H17ClN2. The van der Waals surface area contributed by atoms with Gasteiger partial charge in [-0.1, -0.05) is 36.9 Å². The Labute approximate surface area is 114 Å². The van der Waals surface area contributed by atoms with Crippen molar-refractivity contribution >= 4 is 6.20 Å². The number of aromatic nitrogens is 2. The molecule has 1 heterocycles. The quantitative estimate of drug-likeness (QED) is 0.514. The van der Waals surface area contributed by atoms with Crippen molar-refractivity contribution < 1.29 is 17.0 Å². The fraction of sp³-hybridized carbons (Fsp3) is 0.133. The van der Waals surface area contributed by atoms with E-state index >= 15 is 0 Å². The SMILES string of the molecule is C=CCc1ccc(C[n+]2ccn(C=C)c2)cc1.[Cl-]. The Balaban J connectivity index is 0.00000162. The Morgan fingerprint density at radius 2 is 1.78 bits per heavy atom. The first-order valence-electron chi connectivity index (χ1n) is 5.69. The third kappa shape index (κ3) is 3.60. The molecule has 2 nitrogen and oxygen atoms in total. The van der Waals surface area contributed by atoms with E-state index in [2.05, 4.69) is 42.0 Å². The van der Waals surface area contributed by atoms with Crippen molar-refractivity contribution in [1.82, 2.24) is 4.57 Å². The average molecular weight is 261 g/mol. The normalized spacial score (nSPS) is 9.56. The number of nitrogens with zero attached hydrogens (tertiary/aromatic N) is 2. The highest BCUT2D eigenvalue weighted by Gasteiger charge is 2.02. The highest BCUT2D eigenvalue weighted by Crippen LogP contribution is 2.05. The summed E-state index contributed by atoms with van der Waals surface area (Å²) in [6, 6.07) is 8.64. The molecule has 1 aromatic heterocycles. The number of allylic oxidation sites excluding steroid dienone is 1. The van der Waals surface area contributed by atoms with Crippen LogP contribution in [0.5, 0.6) is 0 Å². The molecule has 3 heteroatoms. The number of rotatable bonds is 5. The minimum absolute atomic E-state index is 0. The molecular weight excluding hydrogens is 244 g/mol. The number of hydrogen-bond acceptors (Lipinski definition) is 0. The van der Waals surface area contributed by atoms with Gasteiger partial charge in [-0.25, -0.2) is 9.13 Å². The molecule has 94 valence electrons. The Morgan fingerprint density at radius 1 is 1.11 bits per heavy atom. The van der Waals surface area contributed by atoms with E-state index in [0.29, 0.717) is 0 Å². The smallest absolute Gasteiger partial charge is 0.248 e. The van der Waals surface area contributed by atoms with Gasteiger partial charge in [0.25, 0.3) is 0 Å². The summed E-state index contributed by atoms with van der Waals surface area (Å²) in [7, 11) is 0. The molecule has 18 heavy (non-hydrogen) atoms. The van der Waals surface area contributed by atoms with E-state index in [-0.39, 0.29) is 12.4 Å². The second-order valence-corrected chi connectivity index (χ2v) is 4.03. The van der Waals surface area contributed by atoms with E-state index in [1.807, 2.05) is 29.4 Å². The van der Waals surface area contributed by atoms with Crippen LogP contribution in [0.2, 0.25) is 0 Å². The maximum absolute atomic E-state index is 3.74. The predicted molar refractivity (Wildman–Crippen MR) is 70.5 cm³/mol. The van der Waals surface area contributed by atoms with Crippen LogP contribution in [0, 0.1) is 0 Å². The Kier molecular flexibility index (Phi) is 5.40. The fourth-order valence-electron chi connectivity index (χ4n) is 1.77. The van der Waals surface area contributed by atoms with E-state index in [0.717, 1.165) is 13.0 Å². The van der Waals surface area contributed by atoms with Gasteiger partial charge in [0, 0.05) is 0 Å². The maximum Gasteiger partial charge on any atom is 0.248 e. The topological polar surface area (TPSA) is 8.81 Å². The van der Waals surface area contributed by atoms with Crippen molar-refractivity contribution in [2.45, 2.75) is 13.0 Å². The van der Waals surface area contributed by atoms with Gasteiger partial charge in [-0.2, -0.15) is 0 Å². The second-order valence-electron chi connectivity index (χ2n) is 4.03. The van der Waals surface area contributed by atoms with Crippen LogP contribution >= 0.6 is 0 Å². The number of halogens is 1. The van der Waals surface area contributed by atoms with Crippen molar-refractivity contribution in [2.24, 2.45) is 0 Å². The van der Waals surface area contributed by atoms with E-state index < -0.39 is 0 Å². The summed E-state index contributed by atoms with van der Waals surface area (Å²) in [5.41, 5.74) is 2.60. The van der Waals surface area contributed by atoms with Gasteiger partial charge in [0.2, 0.25) is 6.33 Å². The average Bonchev–Trinajstić information content (AvgIpc) is 2.80. The van der Waals surface area contributed by atoms with Gasteiger partial charge in [-0.3, -0.25) is 0 Å². The molecule has 0 saturated carbocycles. The van der Waals surface area contributed by atoms with Gasteiger partial charge < -0.3 is 12.4 Å². The van der Waals surface area contributed by atoms with Crippen LogP contribution in [0.15, 0.2) is 62.2 Å². The van der Waals surface area contributed by atoms with Crippen molar-refractivity contribution in [3.05, 3.63) is 73.3 Å². The highest BCUT2D eigenvalue weighted by atomic mass is 35.5. The summed E-state index contributed by atoms with van der Waals surface area (Å²) in [6.07, 6.45) is 10.7. The van der Waals surface area contributed by atoms with Crippen LogP contribution in [0.1, 0.15) is 11.1 Å². The number of imidazole rings is 1. The lowest BCUT2D eigenvalue weighted by Gasteiger charge is -2.00. The predicted octanol–water partition coefficient (Wildman–Crippen LogP) is -0.343. The van der Waals surface area contributed by atoms with Crippen molar-refractivity contribution in [2.75, 3.05) is 0 Å². The molecule has 0 aliphatic rings. The molecule has 0 N–H and O–H groups in total. The van der Waals surface area contributed by atoms with E-state index in [4.69, 9.17) is 0 Å². The Morgan fingerprint density at radius 3 is 2.33 bits per heavy atom. The summed E-state index contributed by atoms with van der Waals surface area (Å²) in [6.45, 7) is 8.35. The van der Waals surface area contributed by atoms with Crippen molar-refractivity contribution in [3.63, 3.8) is 0 Å². The van der Waals surface area contributed by atoms with Crippen LogP contribution < -0.4 is 17.0 Å². The lowest BCUT2D eigenvalue weighted by molar-refractivity contribution is -0.687. The van der Waals surface area contributed by atoms with Crippen LogP contribution in [-0.2, 0) is 13.0 Å². The lowest BCUT2D eigenvalue weighted by Crippen LogP contribution is -3.00. The number of hydrogen-bond donors (Lipinski definition) is 0. The molecule has 1 aromatic carbocycles. The molecule has 0 atom stereocenters. The van der Waals surface area contributed by atoms with E-state index in [1.54, 1.807) is 6.20 Å². The molecule has 0 bridgehead atoms. The molecule has 0 spiro atoms. The van der Waals surface area contributed by atoms with Crippen molar-refractivity contribution in [1.29, 1.82) is 0 Å². The summed E-state index contributed by atoms with van der Waals surface area (Å²) in [4.78, 5) is 0. The third-order valence-corrected chi connectivity index (χ3v) is 2.69. The lowest BCUT2D eigenvalue weighted by atomic mass is 10.1. The van der Waals surface area contributed by atoms with Gasteiger partial charge in [0.15, 0.2) is 0 Å². The van der Waals surface area contributed by atoms with Gasteiger partial charge >= 0.3 is 0 Å². The van der Waals surface area contributed by atoms with Crippen LogP contribution in [0.3, 0.4) is 0 Å². The Hall–Kier alpha value is -1.80. The molecule has 0 amide bonds. The summed E-state index contributed by atoms with van der Waals surface area (Å²) in [5.74, 6) is 0. The maximum atomic E-state index is 3.74. The molecule has 0 aliphatic heterocycles.